The van der Waals surface area contributed by atoms with Gasteiger partial charge in [0.2, 0.25) is 0 Å². The van der Waals surface area contributed by atoms with E-state index in [9.17, 15) is 4.79 Å². The lowest BCUT2D eigenvalue weighted by Gasteiger charge is -2.07. The maximum atomic E-state index is 11.1. The van der Waals surface area contributed by atoms with E-state index < -0.39 is 6.09 Å². The SMILES string of the molecule is C/C(=N/OC(=O)N(C)C)c1cccc(Cl)c1. The quantitative estimate of drug-likeness (QED) is 0.453. The van der Waals surface area contributed by atoms with Crippen LogP contribution in [0.4, 0.5) is 4.79 Å². The molecule has 0 radical (unpaired) electrons. The van der Waals surface area contributed by atoms with Crippen molar-refractivity contribution in [3.05, 3.63) is 34.9 Å². The van der Waals surface area contributed by atoms with E-state index in [1.54, 1.807) is 33.2 Å². The van der Waals surface area contributed by atoms with Gasteiger partial charge >= 0.3 is 6.09 Å². The van der Waals surface area contributed by atoms with E-state index in [1.165, 1.54) is 4.90 Å². The summed E-state index contributed by atoms with van der Waals surface area (Å²) in [5.41, 5.74) is 1.41. The van der Waals surface area contributed by atoms with Crippen LogP contribution < -0.4 is 0 Å². The standard InChI is InChI=1S/C11H13ClN2O2/c1-8(13-16-11(15)14(2)3)9-5-4-6-10(12)7-9/h4-7H,1-3H3/b13-8-. The van der Waals surface area contributed by atoms with Crippen LogP contribution in [0.2, 0.25) is 5.02 Å². The molecule has 0 aliphatic heterocycles. The predicted molar refractivity (Wildman–Crippen MR) is 63.8 cm³/mol. The van der Waals surface area contributed by atoms with Crippen LogP contribution in [-0.4, -0.2) is 30.8 Å². The van der Waals surface area contributed by atoms with Crippen molar-refractivity contribution in [2.75, 3.05) is 14.1 Å². The molecule has 1 aromatic rings. The van der Waals surface area contributed by atoms with E-state index in [4.69, 9.17) is 16.4 Å². The number of hydrogen-bond acceptors (Lipinski definition) is 3. The molecule has 86 valence electrons. The average molecular weight is 241 g/mol. The van der Waals surface area contributed by atoms with Gasteiger partial charge in [-0.3, -0.25) is 4.84 Å². The van der Waals surface area contributed by atoms with E-state index >= 15 is 0 Å². The molecule has 1 aromatic carbocycles. The highest BCUT2D eigenvalue weighted by atomic mass is 35.5. The van der Waals surface area contributed by atoms with Crippen molar-refractivity contribution in [3.8, 4) is 0 Å². The second-order valence-electron chi connectivity index (χ2n) is 3.44. The zero-order valence-electron chi connectivity index (χ0n) is 9.40. The molecular formula is C11H13ClN2O2. The molecule has 16 heavy (non-hydrogen) atoms. The fraction of sp³-hybridized carbons (Fsp3) is 0.273. The number of nitrogens with zero attached hydrogens (tertiary/aromatic N) is 2. The van der Waals surface area contributed by atoms with Gasteiger partial charge in [0.05, 0.1) is 5.71 Å². The number of halogens is 1. The Balaban J connectivity index is 2.74. The van der Waals surface area contributed by atoms with Crippen LogP contribution in [-0.2, 0) is 4.84 Å². The Hall–Kier alpha value is -1.55. The molecule has 5 heteroatoms. The number of carbonyl (C=O) groups is 1. The molecule has 0 unspecified atom stereocenters. The molecule has 0 saturated heterocycles. The molecule has 0 aliphatic carbocycles. The third-order valence-electron chi connectivity index (χ3n) is 1.87. The van der Waals surface area contributed by atoms with Gasteiger partial charge in [-0.1, -0.05) is 28.9 Å². The minimum absolute atomic E-state index is 0.513. The van der Waals surface area contributed by atoms with Gasteiger partial charge in [0, 0.05) is 24.7 Å². The smallest absolute Gasteiger partial charge is 0.312 e. The van der Waals surface area contributed by atoms with Crippen LogP contribution in [0, 0.1) is 0 Å². The number of amides is 1. The third-order valence-corrected chi connectivity index (χ3v) is 2.10. The lowest BCUT2D eigenvalue weighted by atomic mass is 10.1. The van der Waals surface area contributed by atoms with Crippen molar-refractivity contribution < 1.29 is 9.63 Å². The summed E-state index contributed by atoms with van der Waals surface area (Å²) in [5.74, 6) is 0. The van der Waals surface area contributed by atoms with Crippen molar-refractivity contribution >= 4 is 23.4 Å². The van der Waals surface area contributed by atoms with Gasteiger partial charge in [-0.15, -0.1) is 0 Å². The molecule has 1 rings (SSSR count). The Morgan fingerprint density at radius 1 is 1.44 bits per heavy atom. The maximum absolute atomic E-state index is 11.1. The van der Waals surface area contributed by atoms with E-state index in [1.807, 2.05) is 12.1 Å². The summed E-state index contributed by atoms with van der Waals surface area (Å²) < 4.78 is 0. The van der Waals surface area contributed by atoms with Crippen LogP contribution in [0.1, 0.15) is 12.5 Å². The van der Waals surface area contributed by atoms with Gasteiger partial charge in [-0.2, -0.15) is 0 Å². The molecule has 0 spiro atoms. The van der Waals surface area contributed by atoms with Gasteiger partial charge in [-0.25, -0.2) is 4.79 Å². The van der Waals surface area contributed by atoms with Crippen LogP contribution in [0.3, 0.4) is 0 Å². The van der Waals surface area contributed by atoms with Crippen LogP contribution >= 0.6 is 11.6 Å². The number of rotatable bonds is 2. The molecule has 1 amide bonds. The Morgan fingerprint density at radius 3 is 2.69 bits per heavy atom. The molecule has 4 nitrogen and oxygen atoms in total. The lowest BCUT2D eigenvalue weighted by molar-refractivity contribution is 0.122. The van der Waals surface area contributed by atoms with Crippen LogP contribution in [0.25, 0.3) is 0 Å². The van der Waals surface area contributed by atoms with Crippen molar-refractivity contribution in [3.63, 3.8) is 0 Å². The zero-order valence-corrected chi connectivity index (χ0v) is 10.2. The second kappa shape index (κ2) is 5.51. The second-order valence-corrected chi connectivity index (χ2v) is 3.88. The van der Waals surface area contributed by atoms with Crippen molar-refractivity contribution in [1.82, 2.24) is 4.90 Å². The Bertz CT molecular complexity index is 416. The van der Waals surface area contributed by atoms with Crippen LogP contribution in [0.15, 0.2) is 29.4 Å². The molecule has 0 fully saturated rings. The van der Waals surface area contributed by atoms with Crippen molar-refractivity contribution in [1.29, 1.82) is 0 Å². The van der Waals surface area contributed by atoms with Crippen LogP contribution in [0.5, 0.6) is 0 Å². The van der Waals surface area contributed by atoms with Gasteiger partial charge in [0.1, 0.15) is 0 Å². The summed E-state index contributed by atoms with van der Waals surface area (Å²) in [5, 5.41) is 4.34. The fourth-order valence-electron chi connectivity index (χ4n) is 0.955. The minimum atomic E-state index is -0.513. The van der Waals surface area contributed by atoms with Crippen molar-refractivity contribution in [2.45, 2.75) is 6.92 Å². The summed E-state index contributed by atoms with van der Waals surface area (Å²) >= 11 is 5.83. The number of benzene rings is 1. The Labute approximate surface area is 99.4 Å². The lowest BCUT2D eigenvalue weighted by Crippen LogP contribution is -2.21. The Morgan fingerprint density at radius 2 is 2.12 bits per heavy atom. The summed E-state index contributed by atoms with van der Waals surface area (Å²) in [4.78, 5) is 17.1. The first-order chi connectivity index (χ1) is 7.50. The minimum Gasteiger partial charge on any atom is -0.312 e. The molecule has 0 aromatic heterocycles. The largest absolute Gasteiger partial charge is 0.435 e. The maximum Gasteiger partial charge on any atom is 0.435 e. The summed E-state index contributed by atoms with van der Waals surface area (Å²) in [6.07, 6.45) is -0.513. The van der Waals surface area contributed by atoms with Crippen molar-refractivity contribution in [2.24, 2.45) is 5.16 Å². The fourth-order valence-corrected chi connectivity index (χ4v) is 1.15. The van der Waals surface area contributed by atoms with E-state index in [0.717, 1.165) is 5.56 Å². The number of hydrogen-bond donors (Lipinski definition) is 0. The zero-order chi connectivity index (χ0) is 12.1. The normalized spacial score (nSPS) is 11.1. The van der Waals surface area contributed by atoms with Gasteiger partial charge in [-0.05, 0) is 19.1 Å². The first-order valence-electron chi connectivity index (χ1n) is 4.69. The average Bonchev–Trinajstić information content (AvgIpc) is 2.25. The summed E-state index contributed by atoms with van der Waals surface area (Å²) in [6.45, 7) is 1.74. The van der Waals surface area contributed by atoms with Gasteiger partial charge in [0.15, 0.2) is 0 Å². The first kappa shape index (κ1) is 12.5. The summed E-state index contributed by atoms with van der Waals surface area (Å²) in [7, 11) is 3.18. The van der Waals surface area contributed by atoms with E-state index in [-0.39, 0.29) is 0 Å². The predicted octanol–water partition coefficient (Wildman–Crippen LogP) is 2.76. The molecular weight excluding hydrogens is 228 g/mol. The molecule has 0 heterocycles. The first-order valence-corrected chi connectivity index (χ1v) is 5.07. The van der Waals surface area contributed by atoms with E-state index in [0.29, 0.717) is 10.7 Å². The summed E-state index contributed by atoms with van der Waals surface area (Å²) in [6, 6.07) is 7.17. The topological polar surface area (TPSA) is 41.9 Å². The molecule has 0 atom stereocenters. The highest BCUT2D eigenvalue weighted by molar-refractivity contribution is 6.31. The monoisotopic (exact) mass is 240 g/mol. The Kier molecular flexibility index (Phi) is 4.31. The van der Waals surface area contributed by atoms with Gasteiger partial charge < -0.3 is 4.90 Å². The molecule has 0 aliphatic rings. The van der Waals surface area contributed by atoms with E-state index in [2.05, 4.69) is 5.16 Å². The number of oxime groups is 1. The van der Waals surface area contributed by atoms with Gasteiger partial charge in [0.25, 0.3) is 0 Å². The highest BCUT2D eigenvalue weighted by Gasteiger charge is 2.05. The highest BCUT2D eigenvalue weighted by Crippen LogP contribution is 2.11. The number of carbonyl (C=O) groups excluding carboxylic acids is 1. The molecule has 0 bridgehead atoms. The third kappa shape index (κ3) is 3.55. The molecule has 0 saturated carbocycles. The molecule has 0 N–H and O–H groups in total.